The first-order chi connectivity index (χ1) is 18.6. The molecule has 0 atom stereocenters. The number of rotatable bonds is 8. The third-order valence-corrected chi connectivity index (χ3v) is 10.1. The molecule has 8 nitrogen and oxygen atoms in total. The van der Waals surface area contributed by atoms with Gasteiger partial charge in [0, 0.05) is 35.0 Å². The van der Waals surface area contributed by atoms with Crippen molar-refractivity contribution in [1.29, 1.82) is 0 Å². The van der Waals surface area contributed by atoms with Crippen LogP contribution in [0.15, 0.2) is 63.9 Å². The molecule has 1 saturated heterocycles. The van der Waals surface area contributed by atoms with Gasteiger partial charge in [-0.25, -0.2) is 13.8 Å². The molecule has 0 radical (unpaired) electrons. The number of sulfonamides is 1. The molecule has 3 aromatic rings. The number of carbonyl (C=O) groups is 2. The topological polar surface area (TPSA) is 108 Å². The van der Waals surface area contributed by atoms with E-state index in [2.05, 4.69) is 22.8 Å². The summed E-state index contributed by atoms with van der Waals surface area (Å²) >= 11 is 1.57. The molecule has 1 aliphatic rings. The zero-order chi connectivity index (χ0) is 28.2. The molecule has 10 heteroatoms. The number of thiophene rings is 1. The standard InChI is InChI=1S/C29H34N4O4S2/c1-5-26-17-24(18-38-26)28(34)30-25-10-8-22(9-11-25)21(4)31-32-29(35)23-12-14-33(15-13-23)39(36,37)27-16-19(2)6-7-20(27)3/h6-11,16-18,23H,5,12-15H2,1-4H3,(H,30,34)(H,32,35). The molecule has 2 aromatic carbocycles. The van der Waals surface area contributed by atoms with Crippen molar-refractivity contribution in [3.8, 4) is 0 Å². The Labute approximate surface area is 234 Å². The Bertz CT molecular complexity index is 1490. The van der Waals surface area contributed by atoms with Gasteiger partial charge in [-0.15, -0.1) is 11.3 Å². The van der Waals surface area contributed by atoms with Gasteiger partial charge >= 0.3 is 0 Å². The van der Waals surface area contributed by atoms with Crippen LogP contribution >= 0.6 is 11.3 Å². The fourth-order valence-electron chi connectivity index (χ4n) is 4.46. The summed E-state index contributed by atoms with van der Waals surface area (Å²) in [5.74, 6) is -0.678. The highest BCUT2D eigenvalue weighted by atomic mass is 32.2. The molecule has 0 saturated carbocycles. The number of amides is 2. The van der Waals surface area contributed by atoms with E-state index in [0.717, 1.165) is 22.4 Å². The van der Waals surface area contributed by atoms with E-state index in [1.807, 2.05) is 42.6 Å². The van der Waals surface area contributed by atoms with Crippen molar-refractivity contribution in [2.24, 2.45) is 11.0 Å². The molecule has 2 heterocycles. The molecule has 1 fully saturated rings. The lowest BCUT2D eigenvalue weighted by Crippen LogP contribution is -2.42. The predicted molar refractivity (Wildman–Crippen MR) is 156 cm³/mol. The maximum Gasteiger partial charge on any atom is 0.256 e. The zero-order valence-corrected chi connectivity index (χ0v) is 24.3. The fourth-order valence-corrected chi connectivity index (χ4v) is 7.06. The van der Waals surface area contributed by atoms with Crippen molar-refractivity contribution in [2.45, 2.75) is 51.9 Å². The van der Waals surface area contributed by atoms with Gasteiger partial charge in [-0.05, 0) is 81.0 Å². The molecule has 206 valence electrons. The minimum absolute atomic E-state index is 0.149. The predicted octanol–water partition coefficient (Wildman–Crippen LogP) is 5.12. The van der Waals surface area contributed by atoms with Crippen molar-refractivity contribution in [3.05, 3.63) is 81.0 Å². The molecule has 2 amide bonds. The van der Waals surface area contributed by atoms with Gasteiger partial charge in [-0.3, -0.25) is 9.59 Å². The maximum absolute atomic E-state index is 13.2. The minimum Gasteiger partial charge on any atom is -0.322 e. The third kappa shape index (κ3) is 6.81. The molecule has 0 aliphatic carbocycles. The summed E-state index contributed by atoms with van der Waals surface area (Å²) in [6, 6.07) is 14.6. The summed E-state index contributed by atoms with van der Waals surface area (Å²) in [5.41, 5.74) is 7.01. The van der Waals surface area contributed by atoms with Gasteiger partial charge in [-0.1, -0.05) is 31.2 Å². The Morgan fingerprint density at radius 1 is 1.03 bits per heavy atom. The van der Waals surface area contributed by atoms with Gasteiger partial charge in [0.2, 0.25) is 15.9 Å². The number of piperidine rings is 1. The molecule has 1 aromatic heterocycles. The summed E-state index contributed by atoms with van der Waals surface area (Å²) in [6.07, 6.45) is 1.77. The second-order valence-electron chi connectivity index (χ2n) is 9.81. The zero-order valence-electron chi connectivity index (χ0n) is 22.7. The van der Waals surface area contributed by atoms with Crippen molar-refractivity contribution in [1.82, 2.24) is 9.73 Å². The number of nitrogens with zero attached hydrogens (tertiary/aromatic N) is 2. The molecule has 2 N–H and O–H groups in total. The first-order valence-electron chi connectivity index (χ1n) is 13.0. The molecule has 4 rings (SSSR count). The van der Waals surface area contributed by atoms with Crippen LogP contribution in [-0.2, 0) is 21.2 Å². The highest BCUT2D eigenvalue weighted by Gasteiger charge is 2.33. The number of nitrogens with one attached hydrogen (secondary N) is 2. The SMILES string of the molecule is CCc1cc(C(=O)Nc2ccc(C(C)=NNC(=O)C3CCN(S(=O)(=O)c4cc(C)ccc4C)CC3)cc2)cs1. The van der Waals surface area contributed by atoms with Crippen molar-refractivity contribution >= 4 is 44.6 Å². The van der Waals surface area contributed by atoms with Gasteiger partial charge in [0.1, 0.15) is 0 Å². The lowest BCUT2D eigenvalue weighted by molar-refractivity contribution is -0.126. The van der Waals surface area contributed by atoms with E-state index in [1.165, 1.54) is 4.31 Å². The first-order valence-corrected chi connectivity index (χ1v) is 15.3. The van der Waals surface area contributed by atoms with E-state index in [0.29, 0.717) is 40.3 Å². The van der Waals surface area contributed by atoms with Gasteiger partial charge < -0.3 is 5.32 Å². The Kier molecular flexibility index (Phi) is 8.99. The third-order valence-electron chi connectivity index (χ3n) is 6.94. The number of hydrogen-bond acceptors (Lipinski definition) is 6. The summed E-state index contributed by atoms with van der Waals surface area (Å²) in [7, 11) is -3.61. The maximum atomic E-state index is 13.2. The Morgan fingerprint density at radius 2 is 1.72 bits per heavy atom. The molecule has 0 spiro atoms. The number of hydrogen-bond donors (Lipinski definition) is 2. The van der Waals surface area contributed by atoms with E-state index >= 15 is 0 Å². The lowest BCUT2D eigenvalue weighted by atomic mass is 9.98. The number of carbonyl (C=O) groups excluding carboxylic acids is 2. The molecular weight excluding hydrogens is 532 g/mol. The first kappa shape index (κ1) is 28.7. The second-order valence-corrected chi connectivity index (χ2v) is 12.7. The molecule has 1 aliphatic heterocycles. The van der Waals surface area contributed by atoms with Gasteiger partial charge in [0.05, 0.1) is 16.2 Å². The number of anilines is 1. The Morgan fingerprint density at radius 3 is 2.36 bits per heavy atom. The van der Waals surface area contributed by atoms with Gasteiger partial charge in [-0.2, -0.15) is 9.41 Å². The summed E-state index contributed by atoms with van der Waals surface area (Å²) in [5, 5.41) is 9.01. The monoisotopic (exact) mass is 566 g/mol. The highest BCUT2D eigenvalue weighted by Crippen LogP contribution is 2.26. The number of benzene rings is 2. The molecule has 0 unspecified atom stereocenters. The van der Waals surface area contributed by atoms with E-state index < -0.39 is 10.0 Å². The number of hydrazone groups is 1. The van der Waals surface area contributed by atoms with Crippen LogP contribution in [-0.4, -0.2) is 43.3 Å². The molecule has 0 bridgehead atoms. The van der Waals surface area contributed by atoms with Gasteiger partial charge in [0.15, 0.2) is 0 Å². The lowest BCUT2D eigenvalue weighted by Gasteiger charge is -2.30. The minimum atomic E-state index is -3.61. The second kappa shape index (κ2) is 12.2. The number of aryl methyl sites for hydroxylation is 3. The fraction of sp³-hybridized carbons (Fsp3) is 0.345. The Balaban J connectivity index is 1.30. The highest BCUT2D eigenvalue weighted by molar-refractivity contribution is 7.89. The van der Waals surface area contributed by atoms with Crippen LogP contribution in [0.25, 0.3) is 0 Å². The van der Waals surface area contributed by atoms with Crippen molar-refractivity contribution < 1.29 is 18.0 Å². The van der Waals surface area contributed by atoms with E-state index in [4.69, 9.17) is 0 Å². The summed E-state index contributed by atoms with van der Waals surface area (Å²) < 4.78 is 27.8. The smallest absolute Gasteiger partial charge is 0.256 e. The average molecular weight is 567 g/mol. The van der Waals surface area contributed by atoms with Gasteiger partial charge in [0.25, 0.3) is 5.91 Å². The average Bonchev–Trinajstić information content (AvgIpc) is 3.43. The Hall–Kier alpha value is -3.34. The largest absolute Gasteiger partial charge is 0.322 e. The quantitative estimate of drug-likeness (QED) is 0.291. The van der Waals surface area contributed by atoms with E-state index in [-0.39, 0.29) is 30.8 Å². The van der Waals surface area contributed by atoms with Crippen molar-refractivity contribution in [2.75, 3.05) is 18.4 Å². The summed E-state index contributed by atoms with van der Waals surface area (Å²) in [4.78, 5) is 26.7. The molecule has 39 heavy (non-hydrogen) atoms. The van der Waals surface area contributed by atoms with E-state index in [9.17, 15) is 18.0 Å². The summed E-state index contributed by atoms with van der Waals surface area (Å²) in [6.45, 7) is 8.10. The van der Waals surface area contributed by atoms with Crippen LogP contribution in [0.3, 0.4) is 0 Å². The van der Waals surface area contributed by atoms with Crippen LogP contribution in [0.4, 0.5) is 5.69 Å². The van der Waals surface area contributed by atoms with Crippen LogP contribution in [0.1, 0.15) is 58.6 Å². The van der Waals surface area contributed by atoms with Crippen LogP contribution < -0.4 is 10.7 Å². The van der Waals surface area contributed by atoms with Crippen LogP contribution in [0.5, 0.6) is 0 Å². The normalized spacial score (nSPS) is 15.2. The van der Waals surface area contributed by atoms with E-state index in [1.54, 1.807) is 43.4 Å². The van der Waals surface area contributed by atoms with Crippen LogP contribution in [0.2, 0.25) is 0 Å². The van der Waals surface area contributed by atoms with Crippen molar-refractivity contribution in [3.63, 3.8) is 0 Å². The van der Waals surface area contributed by atoms with Crippen LogP contribution in [0, 0.1) is 19.8 Å². The molecular formula is C29H34N4O4S2.